The Morgan fingerprint density at radius 2 is 2.24 bits per heavy atom. The Labute approximate surface area is 148 Å². The van der Waals surface area contributed by atoms with Crippen LogP contribution in [0.2, 0.25) is 0 Å². The average Bonchev–Trinajstić information content (AvgIpc) is 3.29. The molecule has 1 saturated heterocycles. The molecule has 8 nitrogen and oxygen atoms in total. The zero-order chi connectivity index (χ0) is 17.6. The molecule has 2 aromatic heterocycles. The van der Waals surface area contributed by atoms with Crippen molar-refractivity contribution in [2.75, 3.05) is 13.6 Å². The van der Waals surface area contributed by atoms with Crippen molar-refractivity contribution in [2.45, 2.75) is 58.3 Å². The van der Waals surface area contributed by atoms with Gasteiger partial charge in [-0.2, -0.15) is 5.10 Å². The van der Waals surface area contributed by atoms with Gasteiger partial charge in [0.05, 0.1) is 12.4 Å². The lowest BCUT2D eigenvalue weighted by Gasteiger charge is -2.23. The maximum absolute atomic E-state index is 12.5. The van der Waals surface area contributed by atoms with Crippen molar-refractivity contribution in [3.05, 3.63) is 29.8 Å². The lowest BCUT2D eigenvalue weighted by Crippen LogP contribution is -2.34. The monoisotopic (exact) mass is 345 g/mol. The first kappa shape index (κ1) is 17.6. The van der Waals surface area contributed by atoms with Crippen LogP contribution in [0, 0.1) is 0 Å². The van der Waals surface area contributed by atoms with Crippen molar-refractivity contribution >= 4 is 5.91 Å². The topological polar surface area (TPSA) is 80.9 Å². The third-order valence-electron chi connectivity index (χ3n) is 4.65. The lowest BCUT2D eigenvalue weighted by atomic mass is 10.0. The zero-order valence-corrected chi connectivity index (χ0v) is 15.1. The van der Waals surface area contributed by atoms with Crippen LogP contribution in [-0.2, 0) is 19.6 Å². The lowest BCUT2D eigenvalue weighted by molar-refractivity contribution is 0.0779. The smallest absolute Gasteiger partial charge is 0.276 e. The van der Waals surface area contributed by atoms with E-state index < -0.39 is 0 Å². The van der Waals surface area contributed by atoms with Gasteiger partial charge >= 0.3 is 0 Å². The van der Waals surface area contributed by atoms with Gasteiger partial charge in [-0.25, -0.2) is 0 Å². The number of carbonyl (C=O) groups excluding carboxylic acids is 1. The second kappa shape index (κ2) is 8.24. The molecule has 0 aliphatic carbocycles. The van der Waals surface area contributed by atoms with Crippen molar-refractivity contribution in [2.24, 2.45) is 0 Å². The molecule has 1 atom stereocenters. The van der Waals surface area contributed by atoms with E-state index in [-0.39, 0.29) is 5.91 Å². The van der Waals surface area contributed by atoms with Gasteiger partial charge in [0, 0.05) is 44.5 Å². The van der Waals surface area contributed by atoms with Crippen LogP contribution in [-0.4, -0.2) is 55.2 Å². The van der Waals surface area contributed by atoms with E-state index in [2.05, 4.69) is 20.7 Å². The van der Waals surface area contributed by atoms with Crippen molar-refractivity contribution in [1.82, 2.24) is 35.0 Å². The Hall–Kier alpha value is -2.22. The second-order valence-corrected chi connectivity index (χ2v) is 6.67. The van der Waals surface area contributed by atoms with E-state index in [1.807, 2.05) is 17.8 Å². The summed E-state index contributed by atoms with van der Waals surface area (Å²) in [6, 6.07) is 0.551. The molecule has 1 aliphatic rings. The van der Waals surface area contributed by atoms with E-state index in [4.69, 9.17) is 0 Å². The number of piperidine rings is 1. The first-order valence-electron chi connectivity index (χ1n) is 9.06. The van der Waals surface area contributed by atoms with E-state index in [1.54, 1.807) is 29.0 Å². The number of aryl methyl sites for hydroxylation is 2. The fourth-order valence-corrected chi connectivity index (χ4v) is 3.17. The fraction of sp³-hybridized carbons (Fsp3) is 0.647. The van der Waals surface area contributed by atoms with E-state index in [1.165, 1.54) is 19.3 Å². The Bertz CT molecular complexity index is 687. The number of amides is 1. The average molecular weight is 345 g/mol. The molecule has 1 amide bonds. The molecule has 136 valence electrons. The Morgan fingerprint density at radius 3 is 2.96 bits per heavy atom. The Morgan fingerprint density at radius 1 is 1.36 bits per heavy atom. The molecule has 0 bridgehead atoms. The molecule has 0 radical (unpaired) electrons. The molecule has 1 aliphatic heterocycles. The summed E-state index contributed by atoms with van der Waals surface area (Å²) < 4.78 is 3.62. The minimum Gasteiger partial charge on any atom is -0.336 e. The number of hydrogen-bond acceptors (Lipinski definition) is 5. The summed E-state index contributed by atoms with van der Waals surface area (Å²) in [7, 11) is 1.77. The predicted molar refractivity (Wildman–Crippen MR) is 94.0 cm³/mol. The van der Waals surface area contributed by atoms with E-state index in [9.17, 15) is 4.79 Å². The van der Waals surface area contributed by atoms with Crippen LogP contribution in [0.15, 0.2) is 18.6 Å². The highest BCUT2D eigenvalue weighted by atomic mass is 16.2. The number of aromatic nitrogens is 5. The van der Waals surface area contributed by atoms with E-state index in [0.717, 1.165) is 31.6 Å². The minimum atomic E-state index is -0.119. The largest absolute Gasteiger partial charge is 0.336 e. The first-order valence-corrected chi connectivity index (χ1v) is 9.06. The van der Waals surface area contributed by atoms with Crippen LogP contribution >= 0.6 is 0 Å². The molecule has 8 heteroatoms. The van der Waals surface area contributed by atoms with Gasteiger partial charge in [0.2, 0.25) is 0 Å². The van der Waals surface area contributed by atoms with Crippen LogP contribution in [0.4, 0.5) is 0 Å². The third-order valence-corrected chi connectivity index (χ3v) is 4.65. The van der Waals surface area contributed by atoms with E-state index in [0.29, 0.717) is 18.3 Å². The van der Waals surface area contributed by atoms with Gasteiger partial charge in [0.15, 0.2) is 5.69 Å². The summed E-state index contributed by atoms with van der Waals surface area (Å²) in [5.41, 5.74) is 1.40. The van der Waals surface area contributed by atoms with Crippen LogP contribution < -0.4 is 5.32 Å². The molecule has 25 heavy (non-hydrogen) atoms. The van der Waals surface area contributed by atoms with Crippen LogP contribution in [0.1, 0.15) is 48.7 Å². The summed E-state index contributed by atoms with van der Waals surface area (Å²) in [6.45, 7) is 5.25. The number of rotatable bonds is 7. The van der Waals surface area contributed by atoms with Gasteiger partial charge in [0.1, 0.15) is 0 Å². The zero-order valence-electron chi connectivity index (χ0n) is 15.1. The van der Waals surface area contributed by atoms with Crippen LogP contribution in [0.3, 0.4) is 0 Å². The normalized spacial score (nSPS) is 17.6. The van der Waals surface area contributed by atoms with Crippen LogP contribution in [0.5, 0.6) is 0 Å². The SMILES string of the molecule is CCn1cc(CN(C)C(=O)c2cn(CC[C@@H]3CCCCN3)nn2)cn1. The predicted octanol–water partition coefficient (Wildman–Crippen LogP) is 1.30. The van der Waals surface area contributed by atoms with Gasteiger partial charge in [-0.1, -0.05) is 11.6 Å². The fourth-order valence-electron chi connectivity index (χ4n) is 3.17. The standard InChI is InChI=1S/C17H27N7O/c1-3-23-12-14(10-19-23)11-22(2)17(25)16-13-24(21-20-16)9-7-15-6-4-5-8-18-15/h10,12-13,15,18H,3-9,11H2,1-2H3/t15-/m0/s1. The van der Waals surface area contributed by atoms with Gasteiger partial charge in [-0.3, -0.25) is 14.2 Å². The van der Waals surface area contributed by atoms with Crippen molar-refractivity contribution in [3.63, 3.8) is 0 Å². The summed E-state index contributed by atoms with van der Waals surface area (Å²) in [4.78, 5) is 14.2. The van der Waals surface area contributed by atoms with E-state index >= 15 is 0 Å². The third kappa shape index (κ3) is 4.66. The van der Waals surface area contributed by atoms with Crippen LogP contribution in [0.25, 0.3) is 0 Å². The molecule has 1 fully saturated rings. The molecule has 3 rings (SSSR count). The Kier molecular flexibility index (Phi) is 5.80. The molecular formula is C17H27N7O. The quantitative estimate of drug-likeness (QED) is 0.818. The molecular weight excluding hydrogens is 318 g/mol. The summed E-state index contributed by atoms with van der Waals surface area (Å²) in [5.74, 6) is -0.119. The summed E-state index contributed by atoms with van der Waals surface area (Å²) in [6.07, 6.45) is 10.3. The molecule has 2 aromatic rings. The number of nitrogens with zero attached hydrogens (tertiary/aromatic N) is 6. The molecule has 0 saturated carbocycles. The summed E-state index contributed by atoms with van der Waals surface area (Å²) >= 11 is 0. The maximum atomic E-state index is 12.5. The van der Waals surface area contributed by atoms with Gasteiger partial charge in [-0.05, 0) is 32.7 Å². The number of hydrogen-bond donors (Lipinski definition) is 1. The highest BCUT2D eigenvalue weighted by Crippen LogP contribution is 2.11. The van der Waals surface area contributed by atoms with Gasteiger partial charge in [-0.15, -0.1) is 5.10 Å². The van der Waals surface area contributed by atoms with Crippen molar-refractivity contribution in [3.8, 4) is 0 Å². The first-order chi connectivity index (χ1) is 12.2. The molecule has 0 unspecified atom stereocenters. The van der Waals surface area contributed by atoms with Gasteiger partial charge in [0.25, 0.3) is 5.91 Å². The molecule has 3 heterocycles. The highest BCUT2D eigenvalue weighted by Gasteiger charge is 2.17. The number of carbonyl (C=O) groups is 1. The van der Waals surface area contributed by atoms with Crippen molar-refractivity contribution in [1.29, 1.82) is 0 Å². The highest BCUT2D eigenvalue weighted by molar-refractivity contribution is 5.91. The number of nitrogens with one attached hydrogen (secondary N) is 1. The Balaban J connectivity index is 1.52. The summed E-state index contributed by atoms with van der Waals surface area (Å²) in [5, 5.41) is 15.9. The maximum Gasteiger partial charge on any atom is 0.276 e. The molecule has 0 spiro atoms. The van der Waals surface area contributed by atoms with Crippen molar-refractivity contribution < 1.29 is 4.79 Å². The molecule has 1 N–H and O–H groups in total. The second-order valence-electron chi connectivity index (χ2n) is 6.67. The minimum absolute atomic E-state index is 0.119. The molecule has 0 aromatic carbocycles. The van der Waals surface area contributed by atoms with Gasteiger partial charge < -0.3 is 10.2 Å².